The Hall–Kier alpha value is -1.92. The highest BCUT2D eigenvalue weighted by atomic mass is 32.2. The van der Waals surface area contributed by atoms with Gasteiger partial charge < -0.3 is 5.32 Å². The van der Waals surface area contributed by atoms with Crippen molar-refractivity contribution in [3.63, 3.8) is 0 Å². The van der Waals surface area contributed by atoms with Crippen molar-refractivity contribution in [2.75, 3.05) is 6.54 Å². The molecule has 0 radical (unpaired) electrons. The standard InChI is InChI=1S/C15H17N3O2S/c1-3-16-9-12-8-11(2)15(17-10-12)21-14-7-5-4-6-13(14)18(19)20/h4-8,10,16H,3,9H2,1-2H3. The average molecular weight is 303 g/mol. The van der Waals surface area contributed by atoms with E-state index >= 15 is 0 Å². The van der Waals surface area contributed by atoms with Crippen molar-refractivity contribution >= 4 is 17.4 Å². The molecule has 2 aromatic rings. The van der Waals surface area contributed by atoms with Gasteiger partial charge in [-0.2, -0.15) is 0 Å². The van der Waals surface area contributed by atoms with E-state index in [0.717, 1.165) is 29.2 Å². The van der Waals surface area contributed by atoms with E-state index in [4.69, 9.17) is 0 Å². The van der Waals surface area contributed by atoms with Gasteiger partial charge in [-0.25, -0.2) is 4.98 Å². The number of aromatic nitrogens is 1. The highest BCUT2D eigenvalue weighted by Crippen LogP contribution is 2.34. The predicted octanol–water partition coefficient (Wildman–Crippen LogP) is 3.56. The molecule has 0 unspecified atom stereocenters. The van der Waals surface area contributed by atoms with Gasteiger partial charge in [0, 0.05) is 18.8 Å². The molecule has 0 saturated carbocycles. The van der Waals surface area contributed by atoms with Crippen LogP contribution >= 0.6 is 11.8 Å². The fraction of sp³-hybridized carbons (Fsp3) is 0.267. The molecule has 5 nitrogen and oxygen atoms in total. The van der Waals surface area contributed by atoms with Gasteiger partial charge in [0.25, 0.3) is 5.69 Å². The van der Waals surface area contributed by atoms with Gasteiger partial charge in [0.2, 0.25) is 0 Å². The smallest absolute Gasteiger partial charge is 0.283 e. The fourth-order valence-electron chi connectivity index (χ4n) is 1.89. The first-order valence-corrected chi connectivity index (χ1v) is 7.51. The van der Waals surface area contributed by atoms with E-state index in [1.807, 2.05) is 13.1 Å². The minimum absolute atomic E-state index is 0.112. The molecule has 1 heterocycles. The highest BCUT2D eigenvalue weighted by molar-refractivity contribution is 7.99. The second-order valence-electron chi connectivity index (χ2n) is 4.57. The van der Waals surface area contributed by atoms with Crippen LogP contribution in [-0.4, -0.2) is 16.5 Å². The molecule has 6 heteroatoms. The summed E-state index contributed by atoms with van der Waals surface area (Å²) in [6, 6.07) is 8.78. The Labute approximate surface area is 127 Å². The summed E-state index contributed by atoms with van der Waals surface area (Å²) in [4.78, 5) is 15.7. The van der Waals surface area contributed by atoms with Gasteiger partial charge in [-0.15, -0.1) is 0 Å². The normalized spacial score (nSPS) is 10.6. The van der Waals surface area contributed by atoms with E-state index in [1.54, 1.807) is 18.2 Å². The predicted molar refractivity (Wildman–Crippen MR) is 83.6 cm³/mol. The maximum absolute atomic E-state index is 11.0. The van der Waals surface area contributed by atoms with Gasteiger partial charge in [0.05, 0.1) is 9.82 Å². The maximum Gasteiger partial charge on any atom is 0.283 e. The monoisotopic (exact) mass is 303 g/mol. The van der Waals surface area contributed by atoms with Crippen molar-refractivity contribution in [1.29, 1.82) is 0 Å². The zero-order valence-electron chi connectivity index (χ0n) is 12.0. The molecule has 1 aromatic heterocycles. The lowest BCUT2D eigenvalue weighted by molar-refractivity contribution is -0.387. The van der Waals surface area contributed by atoms with E-state index in [9.17, 15) is 10.1 Å². The SMILES string of the molecule is CCNCc1cnc(Sc2ccccc2[N+](=O)[O-])c(C)c1. The lowest BCUT2D eigenvalue weighted by atomic mass is 10.2. The Balaban J connectivity index is 2.22. The molecular weight excluding hydrogens is 286 g/mol. The number of nitrogens with zero attached hydrogens (tertiary/aromatic N) is 2. The maximum atomic E-state index is 11.0. The van der Waals surface area contributed by atoms with Crippen molar-refractivity contribution in [1.82, 2.24) is 10.3 Å². The van der Waals surface area contributed by atoms with Crippen LogP contribution in [0.4, 0.5) is 5.69 Å². The van der Waals surface area contributed by atoms with Crippen molar-refractivity contribution < 1.29 is 4.92 Å². The summed E-state index contributed by atoms with van der Waals surface area (Å²) in [6.45, 7) is 5.71. The molecule has 0 spiro atoms. The molecule has 0 amide bonds. The third kappa shape index (κ3) is 4.03. The van der Waals surface area contributed by atoms with Crippen LogP contribution in [0.5, 0.6) is 0 Å². The van der Waals surface area contributed by atoms with Gasteiger partial charge in [-0.05, 0) is 30.7 Å². The second kappa shape index (κ2) is 7.19. The minimum atomic E-state index is -0.364. The molecule has 0 aliphatic rings. The Morgan fingerprint density at radius 3 is 2.81 bits per heavy atom. The molecule has 0 aliphatic heterocycles. The molecule has 0 fully saturated rings. The summed E-state index contributed by atoms with van der Waals surface area (Å²) in [5.41, 5.74) is 2.25. The lowest BCUT2D eigenvalue weighted by Gasteiger charge is -2.08. The Kier molecular flexibility index (Phi) is 5.30. The Morgan fingerprint density at radius 1 is 1.38 bits per heavy atom. The third-order valence-corrected chi connectivity index (χ3v) is 4.12. The van der Waals surface area contributed by atoms with Gasteiger partial charge >= 0.3 is 0 Å². The second-order valence-corrected chi connectivity index (χ2v) is 5.60. The minimum Gasteiger partial charge on any atom is -0.313 e. The number of para-hydroxylation sites is 1. The molecular formula is C15H17N3O2S. The van der Waals surface area contributed by atoms with Crippen molar-refractivity contribution in [3.8, 4) is 0 Å². The van der Waals surface area contributed by atoms with Crippen LogP contribution in [0.15, 0.2) is 46.5 Å². The van der Waals surface area contributed by atoms with E-state index < -0.39 is 0 Å². The zero-order valence-corrected chi connectivity index (χ0v) is 12.8. The number of benzene rings is 1. The van der Waals surface area contributed by atoms with Gasteiger partial charge in [0.1, 0.15) is 5.03 Å². The number of hydrogen-bond acceptors (Lipinski definition) is 5. The molecule has 2 rings (SSSR count). The topological polar surface area (TPSA) is 68.1 Å². The molecule has 0 bridgehead atoms. The number of pyridine rings is 1. The summed E-state index contributed by atoms with van der Waals surface area (Å²) in [7, 11) is 0. The van der Waals surface area contributed by atoms with Crippen LogP contribution in [-0.2, 0) is 6.54 Å². The fourth-order valence-corrected chi connectivity index (χ4v) is 2.82. The lowest BCUT2D eigenvalue weighted by Crippen LogP contribution is -2.12. The van der Waals surface area contributed by atoms with Gasteiger partial charge in [-0.1, -0.05) is 36.9 Å². The average Bonchev–Trinajstić information content (AvgIpc) is 2.48. The van der Waals surface area contributed by atoms with E-state index in [-0.39, 0.29) is 10.6 Å². The van der Waals surface area contributed by atoms with Crippen molar-refractivity contribution in [2.24, 2.45) is 0 Å². The van der Waals surface area contributed by atoms with Crippen molar-refractivity contribution in [3.05, 3.63) is 57.8 Å². The summed E-state index contributed by atoms with van der Waals surface area (Å²) in [5, 5.41) is 15.1. The van der Waals surface area contributed by atoms with Gasteiger partial charge in [0.15, 0.2) is 0 Å². The first-order chi connectivity index (χ1) is 10.1. The number of nitrogens with one attached hydrogen (secondary N) is 1. The molecule has 1 N–H and O–H groups in total. The third-order valence-electron chi connectivity index (χ3n) is 2.93. The first-order valence-electron chi connectivity index (χ1n) is 6.69. The van der Waals surface area contributed by atoms with Crippen molar-refractivity contribution in [2.45, 2.75) is 30.3 Å². The van der Waals surface area contributed by atoms with Crippen LogP contribution in [0.1, 0.15) is 18.1 Å². The molecule has 0 atom stereocenters. The van der Waals surface area contributed by atoms with E-state index in [0.29, 0.717) is 4.90 Å². The molecule has 0 aliphatic carbocycles. The molecule has 21 heavy (non-hydrogen) atoms. The van der Waals surface area contributed by atoms with Crippen LogP contribution in [0, 0.1) is 17.0 Å². The summed E-state index contributed by atoms with van der Waals surface area (Å²) in [5.74, 6) is 0. The first kappa shape index (κ1) is 15.5. The number of rotatable bonds is 6. The highest BCUT2D eigenvalue weighted by Gasteiger charge is 2.15. The summed E-state index contributed by atoms with van der Waals surface area (Å²) in [6.07, 6.45) is 1.81. The molecule has 1 aromatic carbocycles. The Morgan fingerprint density at radius 2 is 2.14 bits per heavy atom. The summed E-state index contributed by atoms with van der Waals surface area (Å²) < 4.78 is 0. The largest absolute Gasteiger partial charge is 0.313 e. The summed E-state index contributed by atoms with van der Waals surface area (Å²) >= 11 is 1.33. The Bertz CT molecular complexity index is 647. The zero-order chi connectivity index (χ0) is 15.2. The molecule has 0 saturated heterocycles. The van der Waals surface area contributed by atoms with Crippen LogP contribution < -0.4 is 5.32 Å². The molecule has 110 valence electrons. The van der Waals surface area contributed by atoms with Crippen LogP contribution in [0.2, 0.25) is 0 Å². The van der Waals surface area contributed by atoms with E-state index in [1.165, 1.54) is 17.8 Å². The van der Waals surface area contributed by atoms with Crippen LogP contribution in [0.3, 0.4) is 0 Å². The van der Waals surface area contributed by atoms with Gasteiger partial charge in [-0.3, -0.25) is 10.1 Å². The van der Waals surface area contributed by atoms with Crippen LogP contribution in [0.25, 0.3) is 0 Å². The quantitative estimate of drug-likeness (QED) is 0.653. The number of hydrogen-bond donors (Lipinski definition) is 1. The van der Waals surface area contributed by atoms with E-state index in [2.05, 4.69) is 23.3 Å². The number of nitro groups is 1. The number of nitro benzene ring substituents is 1. The number of aryl methyl sites for hydroxylation is 1.